The van der Waals surface area contributed by atoms with Crippen molar-refractivity contribution in [2.24, 2.45) is 11.8 Å². The van der Waals surface area contributed by atoms with Gasteiger partial charge in [0.2, 0.25) is 11.8 Å². The first-order valence-electron chi connectivity index (χ1n) is 8.99. The molecule has 3 aliphatic rings. The maximum Gasteiger partial charge on any atom is 0.225 e. The van der Waals surface area contributed by atoms with E-state index >= 15 is 0 Å². The van der Waals surface area contributed by atoms with Crippen LogP contribution in [-0.4, -0.2) is 60.4 Å². The van der Waals surface area contributed by atoms with Crippen LogP contribution >= 0.6 is 0 Å². The molecule has 2 aliphatic carbocycles. The summed E-state index contributed by atoms with van der Waals surface area (Å²) in [5.74, 6) is 0.675. The van der Waals surface area contributed by atoms with Gasteiger partial charge in [0.25, 0.3) is 0 Å². The summed E-state index contributed by atoms with van der Waals surface area (Å²) >= 11 is 0. The van der Waals surface area contributed by atoms with E-state index in [1.54, 1.807) is 0 Å². The Morgan fingerprint density at radius 3 is 2.55 bits per heavy atom. The zero-order chi connectivity index (χ0) is 15.5. The van der Waals surface area contributed by atoms with Gasteiger partial charge in [-0.1, -0.05) is 6.92 Å². The quantitative estimate of drug-likeness (QED) is 0.770. The maximum absolute atomic E-state index is 12.3. The number of hydrogen-bond donors (Lipinski definition) is 1. The van der Waals surface area contributed by atoms with Crippen molar-refractivity contribution in [2.45, 2.75) is 51.5 Å². The molecule has 1 atom stereocenters. The molecule has 124 valence electrons. The van der Waals surface area contributed by atoms with Gasteiger partial charge in [-0.25, -0.2) is 0 Å². The Kier molecular flexibility index (Phi) is 5.01. The van der Waals surface area contributed by atoms with Gasteiger partial charge in [-0.15, -0.1) is 0 Å². The standard InChI is InChI=1S/C17H29N3O2/c1-2-19(15-7-8-15)11-9-18-16(21)14-4-3-10-20(12-14)17(22)13-5-6-13/h13-15H,2-12H2,1H3,(H,18,21)/t14-/m1/s1. The summed E-state index contributed by atoms with van der Waals surface area (Å²) in [6.45, 7) is 6.39. The van der Waals surface area contributed by atoms with E-state index in [1.165, 1.54) is 12.8 Å². The van der Waals surface area contributed by atoms with E-state index in [-0.39, 0.29) is 23.7 Å². The second kappa shape index (κ2) is 6.99. The van der Waals surface area contributed by atoms with Crippen molar-refractivity contribution in [3.8, 4) is 0 Å². The van der Waals surface area contributed by atoms with Crippen molar-refractivity contribution in [1.29, 1.82) is 0 Å². The summed E-state index contributed by atoms with van der Waals surface area (Å²) in [4.78, 5) is 28.9. The Balaban J connectivity index is 1.40. The van der Waals surface area contributed by atoms with Crippen LogP contribution < -0.4 is 5.32 Å². The summed E-state index contributed by atoms with van der Waals surface area (Å²) in [5.41, 5.74) is 0. The third kappa shape index (κ3) is 4.00. The minimum Gasteiger partial charge on any atom is -0.355 e. The number of piperidine rings is 1. The molecule has 5 nitrogen and oxygen atoms in total. The number of rotatable bonds is 7. The zero-order valence-electron chi connectivity index (χ0n) is 13.7. The van der Waals surface area contributed by atoms with Crippen molar-refractivity contribution < 1.29 is 9.59 Å². The molecular weight excluding hydrogens is 278 g/mol. The Hall–Kier alpha value is -1.10. The highest BCUT2D eigenvalue weighted by Gasteiger charge is 2.36. The number of carbonyl (C=O) groups excluding carboxylic acids is 2. The van der Waals surface area contributed by atoms with Gasteiger partial charge < -0.3 is 10.2 Å². The van der Waals surface area contributed by atoms with Gasteiger partial charge in [0.15, 0.2) is 0 Å². The SMILES string of the molecule is CCN(CCNC(=O)[C@@H]1CCCN(C(=O)C2CC2)C1)C1CC1. The summed E-state index contributed by atoms with van der Waals surface area (Å²) in [6, 6.07) is 0.753. The second-order valence-corrected chi connectivity index (χ2v) is 7.05. The van der Waals surface area contributed by atoms with E-state index in [0.717, 1.165) is 57.9 Å². The average molecular weight is 307 g/mol. The van der Waals surface area contributed by atoms with E-state index in [2.05, 4.69) is 17.1 Å². The average Bonchev–Trinajstić information content (AvgIpc) is 3.41. The van der Waals surface area contributed by atoms with Gasteiger partial charge in [-0.2, -0.15) is 0 Å². The van der Waals surface area contributed by atoms with Crippen LogP contribution in [0.5, 0.6) is 0 Å². The molecule has 1 heterocycles. The van der Waals surface area contributed by atoms with E-state index in [1.807, 2.05) is 4.90 Å². The smallest absolute Gasteiger partial charge is 0.225 e. The lowest BCUT2D eigenvalue weighted by Crippen LogP contribution is -2.47. The van der Waals surface area contributed by atoms with Crippen LogP contribution in [0.2, 0.25) is 0 Å². The van der Waals surface area contributed by atoms with Crippen molar-refractivity contribution in [1.82, 2.24) is 15.1 Å². The predicted molar refractivity (Wildman–Crippen MR) is 85.3 cm³/mol. The molecule has 2 amide bonds. The molecule has 3 fully saturated rings. The minimum absolute atomic E-state index is 0.00699. The highest BCUT2D eigenvalue weighted by molar-refractivity contribution is 5.83. The summed E-state index contributed by atoms with van der Waals surface area (Å²) in [7, 11) is 0. The number of amides is 2. The van der Waals surface area contributed by atoms with Crippen LogP contribution in [0, 0.1) is 11.8 Å². The number of likely N-dealkylation sites (N-methyl/N-ethyl adjacent to an activating group) is 1. The highest BCUT2D eigenvalue weighted by atomic mass is 16.2. The van der Waals surface area contributed by atoms with Gasteiger partial charge in [0.05, 0.1) is 5.92 Å². The Morgan fingerprint density at radius 1 is 1.14 bits per heavy atom. The molecule has 0 bridgehead atoms. The molecular formula is C17H29N3O2. The lowest BCUT2D eigenvalue weighted by Gasteiger charge is -2.32. The molecule has 22 heavy (non-hydrogen) atoms. The lowest BCUT2D eigenvalue weighted by atomic mass is 9.96. The first kappa shape index (κ1) is 15.8. The number of hydrogen-bond acceptors (Lipinski definition) is 3. The van der Waals surface area contributed by atoms with E-state index < -0.39 is 0 Å². The Labute approximate surface area is 133 Å². The van der Waals surface area contributed by atoms with Gasteiger partial charge >= 0.3 is 0 Å². The lowest BCUT2D eigenvalue weighted by molar-refractivity contribution is -0.136. The molecule has 5 heteroatoms. The van der Waals surface area contributed by atoms with Gasteiger partial charge in [-0.3, -0.25) is 14.5 Å². The van der Waals surface area contributed by atoms with Crippen LogP contribution in [0.4, 0.5) is 0 Å². The van der Waals surface area contributed by atoms with E-state index in [0.29, 0.717) is 6.54 Å². The number of nitrogens with one attached hydrogen (secondary N) is 1. The molecule has 2 saturated carbocycles. The first-order valence-corrected chi connectivity index (χ1v) is 8.99. The summed E-state index contributed by atoms with van der Waals surface area (Å²) < 4.78 is 0. The van der Waals surface area contributed by atoms with Crippen LogP contribution in [0.15, 0.2) is 0 Å². The highest BCUT2D eigenvalue weighted by Crippen LogP contribution is 2.32. The predicted octanol–water partition coefficient (Wildman–Crippen LogP) is 1.24. The molecule has 0 spiro atoms. The number of nitrogens with zero attached hydrogens (tertiary/aromatic N) is 2. The topological polar surface area (TPSA) is 52.7 Å². The molecule has 0 aromatic heterocycles. The first-order chi connectivity index (χ1) is 10.7. The van der Waals surface area contributed by atoms with E-state index in [4.69, 9.17) is 0 Å². The minimum atomic E-state index is -0.00699. The summed E-state index contributed by atoms with van der Waals surface area (Å²) in [6.07, 6.45) is 6.58. The number of carbonyl (C=O) groups is 2. The van der Waals surface area contributed by atoms with Gasteiger partial charge in [0, 0.05) is 38.1 Å². The van der Waals surface area contributed by atoms with Crippen molar-refractivity contribution in [3.05, 3.63) is 0 Å². The van der Waals surface area contributed by atoms with Crippen LogP contribution in [0.25, 0.3) is 0 Å². The molecule has 1 N–H and O–H groups in total. The number of likely N-dealkylation sites (tertiary alicyclic amines) is 1. The second-order valence-electron chi connectivity index (χ2n) is 7.05. The fourth-order valence-electron chi connectivity index (χ4n) is 3.49. The molecule has 1 aliphatic heterocycles. The fraction of sp³-hybridized carbons (Fsp3) is 0.882. The molecule has 0 radical (unpaired) electrons. The van der Waals surface area contributed by atoms with Crippen LogP contribution in [-0.2, 0) is 9.59 Å². The van der Waals surface area contributed by atoms with Gasteiger partial charge in [0.1, 0.15) is 0 Å². The molecule has 3 rings (SSSR count). The zero-order valence-corrected chi connectivity index (χ0v) is 13.7. The largest absolute Gasteiger partial charge is 0.355 e. The Morgan fingerprint density at radius 2 is 1.91 bits per heavy atom. The molecule has 1 saturated heterocycles. The molecule has 0 unspecified atom stereocenters. The van der Waals surface area contributed by atoms with Gasteiger partial charge in [-0.05, 0) is 45.1 Å². The van der Waals surface area contributed by atoms with Crippen molar-refractivity contribution >= 4 is 11.8 Å². The Bertz CT molecular complexity index is 418. The van der Waals surface area contributed by atoms with Crippen molar-refractivity contribution in [2.75, 3.05) is 32.7 Å². The molecule has 0 aromatic carbocycles. The third-order valence-electron chi connectivity index (χ3n) is 5.20. The monoisotopic (exact) mass is 307 g/mol. The normalized spacial score (nSPS) is 25.4. The summed E-state index contributed by atoms with van der Waals surface area (Å²) in [5, 5.41) is 3.09. The third-order valence-corrected chi connectivity index (χ3v) is 5.20. The van der Waals surface area contributed by atoms with E-state index in [9.17, 15) is 9.59 Å². The fourth-order valence-corrected chi connectivity index (χ4v) is 3.49. The maximum atomic E-state index is 12.3. The molecule has 0 aromatic rings. The van der Waals surface area contributed by atoms with Crippen molar-refractivity contribution in [3.63, 3.8) is 0 Å². The van der Waals surface area contributed by atoms with Crippen LogP contribution in [0.3, 0.4) is 0 Å². The van der Waals surface area contributed by atoms with Crippen LogP contribution in [0.1, 0.15) is 45.4 Å².